The average Bonchev–Trinajstić information content (AvgIpc) is 3.42. The number of nitriles is 1. The van der Waals surface area contributed by atoms with Gasteiger partial charge in [-0.15, -0.1) is 0 Å². The highest BCUT2D eigenvalue weighted by Crippen LogP contribution is 2.36. The molecule has 0 saturated heterocycles. The Labute approximate surface area is 192 Å². The van der Waals surface area contributed by atoms with E-state index in [9.17, 15) is 21.6 Å². The van der Waals surface area contributed by atoms with Crippen LogP contribution in [0.2, 0.25) is 5.02 Å². The zero-order valence-electron chi connectivity index (χ0n) is 16.2. The van der Waals surface area contributed by atoms with Crippen molar-refractivity contribution in [3.8, 4) is 11.2 Å². The van der Waals surface area contributed by atoms with E-state index in [-0.39, 0.29) is 21.7 Å². The fourth-order valence-corrected chi connectivity index (χ4v) is 4.71. The van der Waals surface area contributed by atoms with E-state index in [1.54, 1.807) is 6.92 Å². The van der Waals surface area contributed by atoms with E-state index in [0.717, 1.165) is 23.7 Å². The Morgan fingerprint density at radius 1 is 1.21 bits per heavy atom. The van der Waals surface area contributed by atoms with E-state index in [1.807, 2.05) is 6.07 Å². The van der Waals surface area contributed by atoms with Gasteiger partial charge in [0.1, 0.15) is 29.4 Å². The zero-order chi connectivity index (χ0) is 24.0. The summed E-state index contributed by atoms with van der Waals surface area (Å²) in [6, 6.07) is 2.85. The Morgan fingerprint density at radius 3 is 2.64 bits per heavy atom. The van der Waals surface area contributed by atoms with Gasteiger partial charge in [0, 0.05) is 5.39 Å². The standard InChI is InChI=1S/C17H10ClF3N8O2S2/c1-8(15-26-7-27-29(15)16-23-5-9(4-22)32-16)28-14-11-2-10(33(30,31)17(19,20)21)3-12(18)13(11)24-6-25-14/h2-3,5-8H,1H3,(H,24,25,28)/t8-/m0/s1. The summed E-state index contributed by atoms with van der Waals surface area (Å²) in [7, 11) is -5.65. The monoisotopic (exact) mass is 514 g/mol. The molecule has 0 unspecified atom stereocenters. The largest absolute Gasteiger partial charge is 0.501 e. The Hall–Kier alpha value is -3.35. The lowest BCUT2D eigenvalue weighted by molar-refractivity contribution is -0.0435. The first kappa shape index (κ1) is 22.8. The minimum absolute atomic E-state index is 0.0278. The van der Waals surface area contributed by atoms with Gasteiger partial charge in [0.05, 0.1) is 27.7 Å². The minimum atomic E-state index is -5.65. The molecular formula is C17H10ClF3N8O2S2. The molecule has 4 rings (SSSR count). The highest BCUT2D eigenvalue weighted by Gasteiger charge is 2.47. The maximum absolute atomic E-state index is 13.1. The molecule has 1 aromatic carbocycles. The van der Waals surface area contributed by atoms with Crippen LogP contribution < -0.4 is 5.32 Å². The van der Waals surface area contributed by atoms with E-state index < -0.39 is 26.3 Å². The zero-order valence-corrected chi connectivity index (χ0v) is 18.6. The first-order valence-corrected chi connectivity index (χ1v) is 11.5. The third kappa shape index (κ3) is 4.08. The Bertz CT molecular complexity index is 1510. The second-order valence-electron chi connectivity index (χ2n) is 6.49. The van der Waals surface area contributed by atoms with Crippen LogP contribution in [0.15, 0.2) is 35.9 Å². The molecule has 0 bridgehead atoms. The molecule has 1 N–H and O–H groups in total. The molecule has 0 spiro atoms. The summed E-state index contributed by atoms with van der Waals surface area (Å²) in [4.78, 5) is 15.6. The molecule has 0 aliphatic rings. The van der Waals surface area contributed by atoms with Gasteiger partial charge in [0.2, 0.25) is 5.13 Å². The van der Waals surface area contributed by atoms with Crippen LogP contribution in [0.3, 0.4) is 0 Å². The molecule has 0 radical (unpaired) electrons. The van der Waals surface area contributed by atoms with E-state index >= 15 is 0 Å². The van der Waals surface area contributed by atoms with Crippen molar-refractivity contribution in [1.82, 2.24) is 29.7 Å². The maximum Gasteiger partial charge on any atom is 0.501 e. The van der Waals surface area contributed by atoms with Crippen LogP contribution in [-0.2, 0) is 9.84 Å². The van der Waals surface area contributed by atoms with E-state index in [2.05, 4.69) is 30.4 Å². The molecule has 33 heavy (non-hydrogen) atoms. The molecular weight excluding hydrogens is 505 g/mol. The predicted molar refractivity (Wildman–Crippen MR) is 112 cm³/mol. The lowest BCUT2D eigenvalue weighted by Crippen LogP contribution is -2.23. The van der Waals surface area contributed by atoms with Gasteiger partial charge in [0.25, 0.3) is 9.84 Å². The molecule has 4 aromatic rings. The van der Waals surface area contributed by atoms with Gasteiger partial charge < -0.3 is 5.32 Å². The van der Waals surface area contributed by atoms with Crippen LogP contribution in [-0.4, -0.2) is 43.6 Å². The molecule has 0 fully saturated rings. The van der Waals surface area contributed by atoms with Crippen LogP contribution in [0.25, 0.3) is 16.0 Å². The number of hydrogen-bond acceptors (Lipinski definition) is 10. The third-order valence-corrected chi connectivity index (χ3v) is 7.01. The van der Waals surface area contributed by atoms with Gasteiger partial charge in [-0.1, -0.05) is 22.9 Å². The topological polar surface area (TPSA) is 139 Å². The average molecular weight is 515 g/mol. The second kappa shape index (κ2) is 8.21. The predicted octanol–water partition coefficient (Wildman–Crippen LogP) is 3.66. The second-order valence-corrected chi connectivity index (χ2v) is 9.85. The van der Waals surface area contributed by atoms with Crippen LogP contribution in [0.1, 0.15) is 23.7 Å². The van der Waals surface area contributed by atoms with E-state index in [1.165, 1.54) is 17.2 Å². The summed E-state index contributed by atoms with van der Waals surface area (Å²) in [5.74, 6) is 0.380. The van der Waals surface area contributed by atoms with Gasteiger partial charge in [-0.2, -0.15) is 28.2 Å². The van der Waals surface area contributed by atoms with Crippen LogP contribution in [0, 0.1) is 11.3 Å². The fourth-order valence-electron chi connectivity index (χ4n) is 2.88. The van der Waals surface area contributed by atoms with Gasteiger partial charge in [-0.05, 0) is 19.1 Å². The number of alkyl halides is 3. The molecule has 0 amide bonds. The number of fused-ring (bicyclic) bond motifs is 1. The molecule has 170 valence electrons. The van der Waals surface area contributed by atoms with Crippen molar-refractivity contribution < 1.29 is 21.6 Å². The number of aromatic nitrogens is 6. The normalized spacial score (nSPS) is 13.1. The summed E-state index contributed by atoms with van der Waals surface area (Å²) in [5, 5.41) is 16.1. The highest BCUT2D eigenvalue weighted by molar-refractivity contribution is 7.92. The van der Waals surface area contributed by atoms with Gasteiger partial charge in [0.15, 0.2) is 5.82 Å². The summed E-state index contributed by atoms with van der Waals surface area (Å²) in [5.41, 5.74) is -5.45. The Balaban J connectivity index is 1.76. The molecule has 0 aliphatic carbocycles. The first-order valence-electron chi connectivity index (χ1n) is 8.81. The quantitative estimate of drug-likeness (QED) is 0.422. The Kier molecular flexibility index (Phi) is 5.68. The SMILES string of the molecule is C[C@H](Nc1ncnc2c(Cl)cc(S(=O)(=O)C(F)(F)F)cc12)c1ncnn1-c1ncc(C#N)s1. The number of nitrogens with one attached hydrogen (secondary N) is 1. The summed E-state index contributed by atoms with van der Waals surface area (Å²) in [6.45, 7) is 1.67. The number of anilines is 1. The van der Waals surface area contributed by atoms with Crippen LogP contribution >= 0.6 is 22.9 Å². The fraction of sp³-hybridized carbons (Fsp3) is 0.176. The molecule has 1 atom stereocenters. The number of halogens is 4. The number of hydrogen-bond donors (Lipinski definition) is 1. The number of benzene rings is 1. The van der Waals surface area contributed by atoms with Crippen molar-refractivity contribution >= 4 is 49.5 Å². The first-order chi connectivity index (χ1) is 15.5. The lowest BCUT2D eigenvalue weighted by Gasteiger charge is -2.16. The molecule has 16 heteroatoms. The number of thiazole rings is 1. The number of sulfone groups is 1. The van der Waals surface area contributed by atoms with Crippen molar-refractivity contribution in [2.45, 2.75) is 23.4 Å². The van der Waals surface area contributed by atoms with Crippen molar-refractivity contribution in [2.75, 3.05) is 5.32 Å². The van der Waals surface area contributed by atoms with Gasteiger partial charge in [-0.25, -0.2) is 28.4 Å². The minimum Gasteiger partial charge on any atom is -0.360 e. The number of rotatable bonds is 5. The number of nitrogens with zero attached hydrogens (tertiary/aromatic N) is 7. The van der Waals surface area contributed by atoms with Crippen LogP contribution in [0.4, 0.5) is 19.0 Å². The smallest absolute Gasteiger partial charge is 0.360 e. The highest BCUT2D eigenvalue weighted by atomic mass is 35.5. The van der Waals surface area contributed by atoms with Crippen molar-refractivity contribution in [3.05, 3.63) is 46.7 Å². The van der Waals surface area contributed by atoms with Gasteiger partial charge in [-0.3, -0.25) is 0 Å². The lowest BCUT2D eigenvalue weighted by atomic mass is 10.2. The summed E-state index contributed by atoms with van der Waals surface area (Å²) in [6.07, 6.45) is 3.78. The van der Waals surface area contributed by atoms with E-state index in [0.29, 0.717) is 21.9 Å². The van der Waals surface area contributed by atoms with Crippen molar-refractivity contribution in [3.63, 3.8) is 0 Å². The van der Waals surface area contributed by atoms with Crippen molar-refractivity contribution in [1.29, 1.82) is 5.26 Å². The van der Waals surface area contributed by atoms with Gasteiger partial charge >= 0.3 is 5.51 Å². The Morgan fingerprint density at radius 2 is 1.97 bits per heavy atom. The molecule has 3 aromatic heterocycles. The molecule has 0 aliphatic heterocycles. The molecule has 0 saturated carbocycles. The summed E-state index contributed by atoms with van der Waals surface area (Å²) >= 11 is 7.12. The molecule has 10 nitrogen and oxygen atoms in total. The van der Waals surface area contributed by atoms with Crippen molar-refractivity contribution in [2.24, 2.45) is 0 Å². The third-order valence-electron chi connectivity index (χ3n) is 4.38. The summed E-state index contributed by atoms with van der Waals surface area (Å²) < 4.78 is 64.4. The van der Waals surface area contributed by atoms with E-state index in [4.69, 9.17) is 16.9 Å². The van der Waals surface area contributed by atoms with Crippen LogP contribution in [0.5, 0.6) is 0 Å². The maximum atomic E-state index is 13.1. The molecule has 3 heterocycles.